The van der Waals surface area contributed by atoms with E-state index in [1.807, 2.05) is 13.0 Å². The van der Waals surface area contributed by atoms with Crippen LogP contribution in [0.1, 0.15) is 11.1 Å². The molecule has 0 radical (unpaired) electrons. The molecule has 0 saturated carbocycles. The fourth-order valence-corrected chi connectivity index (χ4v) is 3.74. The molecule has 0 spiro atoms. The van der Waals surface area contributed by atoms with E-state index in [0.717, 1.165) is 21.7 Å². The third kappa shape index (κ3) is 5.77. The molecule has 0 aliphatic heterocycles. The van der Waals surface area contributed by atoms with Gasteiger partial charge in [-0.25, -0.2) is 8.42 Å². The van der Waals surface area contributed by atoms with Crippen molar-refractivity contribution in [1.82, 2.24) is 4.90 Å². The molecule has 9 heteroatoms. The fourth-order valence-electron chi connectivity index (χ4n) is 2.72. The third-order valence-corrected chi connectivity index (χ3v) is 5.96. The Kier molecular flexibility index (Phi) is 7.37. The van der Waals surface area contributed by atoms with Crippen LogP contribution in [0.15, 0.2) is 36.4 Å². The lowest BCUT2D eigenvalue weighted by atomic mass is 10.2. The number of carbonyl (C=O) groups excluding carboxylic acids is 1. The number of hydrogen-bond donors (Lipinski definition) is 0. The first kappa shape index (κ1) is 22.8. The largest absolute Gasteiger partial charge is 0.493 e. The monoisotopic (exact) mass is 440 g/mol. The van der Waals surface area contributed by atoms with Gasteiger partial charge < -0.3 is 14.4 Å². The smallest absolute Gasteiger partial charge is 0.243 e. The lowest BCUT2D eigenvalue weighted by molar-refractivity contribution is -0.128. The molecule has 7 nitrogen and oxygen atoms in total. The van der Waals surface area contributed by atoms with E-state index in [1.54, 1.807) is 44.5 Å². The molecule has 2 aromatic rings. The number of anilines is 1. The number of hydrogen-bond acceptors (Lipinski definition) is 5. The van der Waals surface area contributed by atoms with Crippen molar-refractivity contribution in [3.05, 3.63) is 52.5 Å². The van der Waals surface area contributed by atoms with Gasteiger partial charge in [0.2, 0.25) is 15.9 Å². The number of likely N-dealkylation sites (N-methyl/N-ethyl adjacent to an activating group) is 1. The van der Waals surface area contributed by atoms with Gasteiger partial charge in [0.05, 0.1) is 26.2 Å². The quantitative estimate of drug-likeness (QED) is 0.630. The van der Waals surface area contributed by atoms with Crippen LogP contribution in [-0.4, -0.2) is 53.3 Å². The number of nitrogens with zero attached hydrogens (tertiary/aromatic N) is 2. The highest BCUT2D eigenvalue weighted by atomic mass is 35.5. The summed E-state index contributed by atoms with van der Waals surface area (Å²) >= 11 is 6.13. The lowest BCUT2D eigenvalue weighted by Gasteiger charge is -2.25. The molecule has 158 valence electrons. The van der Waals surface area contributed by atoms with Gasteiger partial charge in [-0.05, 0) is 42.3 Å². The molecule has 0 heterocycles. The van der Waals surface area contributed by atoms with E-state index < -0.39 is 10.0 Å². The van der Waals surface area contributed by atoms with E-state index in [4.69, 9.17) is 21.1 Å². The Morgan fingerprint density at radius 3 is 2.28 bits per heavy atom. The molecule has 0 saturated heterocycles. The van der Waals surface area contributed by atoms with Crippen molar-refractivity contribution in [3.8, 4) is 11.5 Å². The number of halogens is 1. The summed E-state index contributed by atoms with van der Waals surface area (Å²) in [6, 6.07) is 10.2. The Balaban J connectivity index is 2.20. The lowest BCUT2D eigenvalue weighted by Crippen LogP contribution is -2.41. The number of ether oxygens (including phenoxy) is 2. The molecule has 0 aromatic heterocycles. The summed E-state index contributed by atoms with van der Waals surface area (Å²) in [6.07, 6.45) is 1.06. The Labute approximate surface area is 176 Å². The predicted octanol–water partition coefficient (Wildman–Crippen LogP) is 3.09. The Bertz CT molecular complexity index is 994. The summed E-state index contributed by atoms with van der Waals surface area (Å²) in [5.74, 6) is 0.782. The van der Waals surface area contributed by atoms with Gasteiger partial charge in [-0.15, -0.1) is 0 Å². The molecular formula is C20H25ClN2O5S. The first-order chi connectivity index (χ1) is 13.6. The van der Waals surface area contributed by atoms with Crippen LogP contribution in [0.25, 0.3) is 0 Å². The summed E-state index contributed by atoms with van der Waals surface area (Å²) in [5, 5.41) is 0.433. The number of sulfonamides is 1. The summed E-state index contributed by atoms with van der Waals surface area (Å²) in [4.78, 5) is 14.2. The van der Waals surface area contributed by atoms with Gasteiger partial charge in [-0.1, -0.05) is 23.7 Å². The summed E-state index contributed by atoms with van der Waals surface area (Å²) in [6.45, 7) is 1.77. The van der Waals surface area contributed by atoms with Gasteiger partial charge in [0.25, 0.3) is 0 Å². The molecule has 0 bridgehead atoms. The van der Waals surface area contributed by atoms with E-state index in [2.05, 4.69) is 0 Å². The fraction of sp³-hybridized carbons (Fsp3) is 0.350. The molecule has 29 heavy (non-hydrogen) atoms. The number of rotatable bonds is 8. The van der Waals surface area contributed by atoms with Gasteiger partial charge in [0, 0.05) is 18.6 Å². The van der Waals surface area contributed by atoms with Crippen LogP contribution in [0.3, 0.4) is 0 Å². The van der Waals surface area contributed by atoms with Gasteiger partial charge in [-0.3, -0.25) is 9.10 Å². The molecular weight excluding hydrogens is 416 g/mol. The molecule has 0 N–H and O–H groups in total. The highest BCUT2D eigenvalue weighted by molar-refractivity contribution is 7.92. The van der Waals surface area contributed by atoms with Crippen molar-refractivity contribution >= 4 is 33.2 Å². The average Bonchev–Trinajstić information content (AvgIpc) is 2.67. The van der Waals surface area contributed by atoms with Gasteiger partial charge in [0.1, 0.15) is 6.54 Å². The van der Waals surface area contributed by atoms with Crippen LogP contribution in [0.5, 0.6) is 11.5 Å². The maximum atomic E-state index is 12.7. The second kappa shape index (κ2) is 9.37. The van der Waals surface area contributed by atoms with Crippen molar-refractivity contribution in [2.45, 2.75) is 13.5 Å². The molecule has 0 atom stereocenters. The minimum Gasteiger partial charge on any atom is -0.493 e. The third-order valence-electron chi connectivity index (χ3n) is 4.42. The zero-order valence-electron chi connectivity index (χ0n) is 17.1. The Morgan fingerprint density at radius 1 is 1.07 bits per heavy atom. The van der Waals surface area contributed by atoms with Crippen LogP contribution in [0.4, 0.5) is 5.69 Å². The highest BCUT2D eigenvalue weighted by Crippen LogP contribution is 2.28. The van der Waals surface area contributed by atoms with Crippen LogP contribution in [0.2, 0.25) is 5.02 Å². The van der Waals surface area contributed by atoms with Crippen molar-refractivity contribution in [2.24, 2.45) is 0 Å². The zero-order valence-corrected chi connectivity index (χ0v) is 18.7. The molecule has 0 unspecified atom stereocenters. The van der Waals surface area contributed by atoms with E-state index in [1.165, 1.54) is 12.0 Å². The van der Waals surface area contributed by atoms with Crippen molar-refractivity contribution in [2.75, 3.05) is 38.4 Å². The molecule has 2 rings (SSSR count). The molecule has 0 aliphatic rings. The predicted molar refractivity (Wildman–Crippen MR) is 114 cm³/mol. The van der Waals surface area contributed by atoms with E-state index in [9.17, 15) is 13.2 Å². The average molecular weight is 441 g/mol. The summed E-state index contributed by atoms with van der Waals surface area (Å²) in [5.41, 5.74) is 1.99. The zero-order chi connectivity index (χ0) is 21.8. The Morgan fingerprint density at radius 2 is 1.72 bits per heavy atom. The van der Waals surface area contributed by atoms with E-state index in [-0.39, 0.29) is 19.0 Å². The number of benzene rings is 2. The van der Waals surface area contributed by atoms with Crippen molar-refractivity contribution < 1.29 is 22.7 Å². The first-order valence-electron chi connectivity index (χ1n) is 8.75. The van der Waals surface area contributed by atoms with E-state index in [0.29, 0.717) is 22.2 Å². The standard InChI is InChI=1S/C20H25ClN2O5S/c1-14-6-8-16(11-17(14)21)23(29(5,25)26)13-20(24)22(2)12-15-7-9-18(27-3)19(10-15)28-4/h6-11H,12-13H2,1-5H3. The molecule has 2 aromatic carbocycles. The van der Waals surface area contributed by atoms with E-state index >= 15 is 0 Å². The summed E-state index contributed by atoms with van der Waals surface area (Å²) < 4.78 is 36.1. The maximum absolute atomic E-state index is 12.7. The van der Waals surface area contributed by atoms with Crippen LogP contribution < -0.4 is 13.8 Å². The number of amides is 1. The minimum atomic E-state index is -3.68. The normalized spacial score (nSPS) is 11.1. The molecule has 0 fully saturated rings. The van der Waals surface area contributed by atoms with Gasteiger partial charge in [-0.2, -0.15) is 0 Å². The molecule has 0 aliphatic carbocycles. The SMILES string of the molecule is COc1ccc(CN(C)C(=O)CN(c2ccc(C)c(Cl)c2)S(C)(=O)=O)cc1OC. The van der Waals surface area contributed by atoms with Crippen LogP contribution >= 0.6 is 11.6 Å². The Hall–Kier alpha value is -2.45. The number of methoxy groups -OCH3 is 2. The van der Waals surface area contributed by atoms with Crippen molar-refractivity contribution in [1.29, 1.82) is 0 Å². The second-order valence-electron chi connectivity index (χ2n) is 6.64. The van der Waals surface area contributed by atoms with Crippen LogP contribution in [-0.2, 0) is 21.4 Å². The first-order valence-corrected chi connectivity index (χ1v) is 11.0. The van der Waals surface area contributed by atoms with Crippen molar-refractivity contribution in [3.63, 3.8) is 0 Å². The molecule has 1 amide bonds. The number of aryl methyl sites for hydroxylation is 1. The van der Waals surface area contributed by atoms with Gasteiger partial charge >= 0.3 is 0 Å². The second-order valence-corrected chi connectivity index (χ2v) is 8.96. The number of carbonyl (C=O) groups is 1. The van der Waals surface area contributed by atoms with Crippen LogP contribution in [0, 0.1) is 6.92 Å². The minimum absolute atomic E-state index is 0.283. The topological polar surface area (TPSA) is 76.2 Å². The summed E-state index contributed by atoms with van der Waals surface area (Å²) in [7, 11) is 1.02. The maximum Gasteiger partial charge on any atom is 0.243 e. The van der Waals surface area contributed by atoms with Gasteiger partial charge in [0.15, 0.2) is 11.5 Å². The highest BCUT2D eigenvalue weighted by Gasteiger charge is 2.23.